The number of carbonyl (C=O) groups is 1. The number of benzene rings is 1. The van der Waals surface area contributed by atoms with Crippen LogP contribution >= 0.6 is 22.9 Å². The molecule has 1 N–H and O–H groups in total. The number of ether oxygens (including phenoxy) is 1. The van der Waals surface area contributed by atoms with Gasteiger partial charge in [0.1, 0.15) is 11.3 Å². The van der Waals surface area contributed by atoms with E-state index in [1.807, 2.05) is 13.0 Å². The van der Waals surface area contributed by atoms with Gasteiger partial charge < -0.3 is 4.74 Å². The number of halogens is 1. The lowest BCUT2D eigenvalue weighted by molar-refractivity contribution is -0.122. The summed E-state index contributed by atoms with van der Waals surface area (Å²) in [5.41, 5.74) is 1.64. The van der Waals surface area contributed by atoms with Crippen LogP contribution in [0.5, 0.6) is 5.75 Å². The van der Waals surface area contributed by atoms with E-state index in [-0.39, 0.29) is 5.91 Å². The molecule has 0 saturated carbocycles. The first kappa shape index (κ1) is 15.7. The van der Waals surface area contributed by atoms with Crippen LogP contribution in [0.4, 0.5) is 5.13 Å². The largest absolute Gasteiger partial charge is 0.481 e. The Morgan fingerprint density at radius 1 is 1.39 bits per heavy atom. The zero-order chi connectivity index (χ0) is 16.4. The molecular formula is C16H14ClN3O2S. The molecule has 2 heterocycles. The maximum atomic E-state index is 12.3. The lowest BCUT2D eigenvalue weighted by Gasteiger charge is -2.15. The fraction of sp³-hybridized carbons (Fsp3) is 0.188. The van der Waals surface area contributed by atoms with Crippen LogP contribution < -0.4 is 10.1 Å². The van der Waals surface area contributed by atoms with Gasteiger partial charge in [0.05, 0.1) is 10.9 Å². The molecule has 0 saturated heterocycles. The van der Waals surface area contributed by atoms with E-state index in [0.717, 1.165) is 15.8 Å². The first-order valence-corrected chi connectivity index (χ1v) is 8.16. The fourth-order valence-corrected chi connectivity index (χ4v) is 3.09. The molecule has 7 heteroatoms. The predicted octanol–water partition coefficient (Wildman–Crippen LogP) is 4.06. The number of thiazole rings is 1. The Labute approximate surface area is 142 Å². The third-order valence-electron chi connectivity index (χ3n) is 3.23. The first-order valence-electron chi connectivity index (χ1n) is 6.97. The number of carbonyl (C=O) groups excluding carboxylic acids is 1. The molecule has 0 radical (unpaired) electrons. The van der Waals surface area contributed by atoms with Gasteiger partial charge in [-0.3, -0.25) is 15.1 Å². The van der Waals surface area contributed by atoms with Crippen LogP contribution in [-0.2, 0) is 4.79 Å². The second-order valence-electron chi connectivity index (χ2n) is 5.02. The molecular weight excluding hydrogens is 334 g/mol. The molecule has 3 rings (SSSR count). The SMILES string of the molecule is Cc1cc(Cl)ccc1O[C@@H](C)C(=O)Nc1nc2cnccc2s1. The van der Waals surface area contributed by atoms with Gasteiger partial charge in [-0.1, -0.05) is 22.9 Å². The topological polar surface area (TPSA) is 64.1 Å². The van der Waals surface area contributed by atoms with E-state index in [9.17, 15) is 4.79 Å². The van der Waals surface area contributed by atoms with E-state index in [4.69, 9.17) is 16.3 Å². The molecule has 118 valence electrons. The number of nitrogens with one attached hydrogen (secondary N) is 1. The summed E-state index contributed by atoms with van der Waals surface area (Å²) in [6.07, 6.45) is 2.71. The van der Waals surface area contributed by atoms with Crippen molar-refractivity contribution in [1.82, 2.24) is 9.97 Å². The van der Waals surface area contributed by atoms with Crippen molar-refractivity contribution in [2.45, 2.75) is 20.0 Å². The zero-order valence-electron chi connectivity index (χ0n) is 12.5. The number of fused-ring (bicyclic) bond motifs is 1. The van der Waals surface area contributed by atoms with Crippen molar-refractivity contribution in [2.24, 2.45) is 0 Å². The third kappa shape index (κ3) is 3.60. The summed E-state index contributed by atoms with van der Waals surface area (Å²) in [4.78, 5) is 20.6. The highest BCUT2D eigenvalue weighted by atomic mass is 35.5. The molecule has 0 bridgehead atoms. The molecule has 5 nitrogen and oxygen atoms in total. The van der Waals surface area contributed by atoms with E-state index in [2.05, 4.69) is 15.3 Å². The van der Waals surface area contributed by atoms with Gasteiger partial charge in [0, 0.05) is 11.2 Å². The van der Waals surface area contributed by atoms with E-state index in [1.54, 1.807) is 37.5 Å². The van der Waals surface area contributed by atoms with E-state index in [1.165, 1.54) is 11.3 Å². The lowest BCUT2D eigenvalue weighted by Crippen LogP contribution is -2.30. The van der Waals surface area contributed by atoms with Gasteiger partial charge in [0.2, 0.25) is 0 Å². The average Bonchev–Trinajstić information content (AvgIpc) is 2.92. The van der Waals surface area contributed by atoms with Crippen LogP contribution in [-0.4, -0.2) is 22.0 Å². The van der Waals surface area contributed by atoms with Gasteiger partial charge in [-0.2, -0.15) is 0 Å². The van der Waals surface area contributed by atoms with E-state index >= 15 is 0 Å². The van der Waals surface area contributed by atoms with Crippen molar-refractivity contribution in [1.29, 1.82) is 0 Å². The smallest absolute Gasteiger partial charge is 0.266 e. The summed E-state index contributed by atoms with van der Waals surface area (Å²) in [6, 6.07) is 7.14. The molecule has 0 aliphatic heterocycles. The number of hydrogen-bond acceptors (Lipinski definition) is 5. The Kier molecular flexibility index (Phi) is 4.45. The summed E-state index contributed by atoms with van der Waals surface area (Å²) in [5, 5.41) is 3.94. The Morgan fingerprint density at radius 2 is 2.22 bits per heavy atom. The van der Waals surface area contributed by atoms with Crippen molar-refractivity contribution in [3.63, 3.8) is 0 Å². The molecule has 0 spiro atoms. The molecule has 0 fully saturated rings. The van der Waals surface area contributed by atoms with Gasteiger partial charge in [-0.05, 0) is 43.7 Å². The maximum Gasteiger partial charge on any atom is 0.266 e. The molecule has 0 unspecified atom stereocenters. The third-order valence-corrected chi connectivity index (χ3v) is 4.42. The van der Waals surface area contributed by atoms with Crippen molar-refractivity contribution in [3.8, 4) is 5.75 Å². The predicted molar refractivity (Wildman–Crippen MR) is 92.3 cm³/mol. The molecule has 2 aromatic heterocycles. The van der Waals surface area contributed by atoms with Crippen molar-refractivity contribution in [2.75, 3.05) is 5.32 Å². The van der Waals surface area contributed by atoms with Gasteiger partial charge in [0.15, 0.2) is 11.2 Å². The first-order chi connectivity index (χ1) is 11.0. The minimum Gasteiger partial charge on any atom is -0.481 e. The van der Waals surface area contributed by atoms with Gasteiger partial charge >= 0.3 is 0 Å². The Balaban J connectivity index is 1.69. The normalized spacial score (nSPS) is 12.1. The number of aromatic nitrogens is 2. The zero-order valence-corrected chi connectivity index (χ0v) is 14.1. The Morgan fingerprint density at radius 3 is 2.96 bits per heavy atom. The van der Waals surface area contributed by atoms with Crippen LogP contribution in [0.15, 0.2) is 36.7 Å². The number of anilines is 1. The fourth-order valence-electron chi connectivity index (χ4n) is 2.03. The molecule has 1 aromatic carbocycles. The quantitative estimate of drug-likeness (QED) is 0.773. The lowest BCUT2D eigenvalue weighted by atomic mass is 10.2. The van der Waals surface area contributed by atoms with Gasteiger partial charge in [0.25, 0.3) is 5.91 Å². The van der Waals surface area contributed by atoms with Gasteiger partial charge in [-0.15, -0.1) is 0 Å². The number of rotatable bonds is 4. The maximum absolute atomic E-state index is 12.3. The standard InChI is InChI=1S/C16H14ClN3O2S/c1-9-7-11(17)3-4-13(9)22-10(2)15(21)20-16-19-12-8-18-6-5-14(12)23-16/h3-8,10H,1-2H3,(H,19,20,21)/t10-/m0/s1. The average molecular weight is 348 g/mol. The number of aryl methyl sites for hydroxylation is 1. The molecule has 23 heavy (non-hydrogen) atoms. The number of amides is 1. The van der Waals surface area contributed by atoms with Gasteiger partial charge in [-0.25, -0.2) is 4.98 Å². The van der Waals surface area contributed by atoms with E-state index in [0.29, 0.717) is 15.9 Å². The Bertz CT molecular complexity index is 832. The number of hydrogen-bond donors (Lipinski definition) is 1. The van der Waals surface area contributed by atoms with E-state index < -0.39 is 6.10 Å². The van der Waals surface area contributed by atoms with Crippen LogP contribution in [0.25, 0.3) is 10.2 Å². The molecule has 0 aliphatic carbocycles. The Hall–Kier alpha value is -2.18. The second-order valence-corrected chi connectivity index (χ2v) is 6.49. The summed E-state index contributed by atoms with van der Waals surface area (Å²) in [6.45, 7) is 3.57. The summed E-state index contributed by atoms with van der Waals surface area (Å²) in [5.74, 6) is 0.372. The van der Waals surface area contributed by atoms with Crippen LogP contribution in [0.1, 0.15) is 12.5 Å². The highest BCUT2D eigenvalue weighted by Crippen LogP contribution is 2.26. The minimum atomic E-state index is -0.653. The minimum absolute atomic E-state index is 0.258. The molecule has 0 aliphatic rings. The summed E-state index contributed by atoms with van der Waals surface area (Å²) < 4.78 is 6.67. The van der Waals surface area contributed by atoms with Crippen molar-refractivity contribution in [3.05, 3.63) is 47.2 Å². The number of nitrogens with zero attached hydrogens (tertiary/aromatic N) is 2. The van der Waals surface area contributed by atoms with Crippen LogP contribution in [0.3, 0.4) is 0 Å². The molecule has 1 amide bonds. The van der Waals surface area contributed by atoms with Crippen molar-refractivity contribution >= 4 is 44.2 Å². The van der Waals surface area contributed by atoms with Crippen molar-refractivity contribution < 1.29 is 9.53 Å². The monoisotopic (exact) mass is 347 g/mol. The highest BCUT2D eigenvalue weighted by molar-refractivity contribution is 7.22. The highest BCUT2D eigenvalue weighted by Gasteiger charge is 2.17. The summed E-state index contributed by atoms with van der Waals surface area (Å²) in [7, 11) is 0. The number of pyridine rings is 1. The summed E-state index contributed by atoms with van der Waals surface area (Å²) >= 11 is 7.31. The van der Waals surface area contributed by atoms with Crippen LogP contribution in [0, 0.1) is 6.92 Å². The van der Waals surface area contributed by atoms with Crippen LogP contribution in [0.2, 0.25) is 5.02 Å². The molecule has 1 atom stereocenters. The molecule has 3 aromatic rings. The second kappa shape index (κ2) is 6.52.